The third-order valence-electron chi connectivity index (χ3n) is 7.48. The summed E-state index contributed by atoms with van der Waals surface area (Å²) < 4.78 is 33.8. The summed E-state index contributed by atoms with van der Waals surface area (Å²) >= 11 is 0. The molecule has 0 saturated heterocycles. The van der Waals surface area contributed by atoms with Gasteiger partial charge in [0.2, 0.25) is 5.82 Å². The van der Waals surface area contributed by atoms with E-state index in [9.17, 15) is 8.78 Å². The van der Waals surface area contributed by atoms with Crippen LogP contribution in [-0.2, 0) is 0 Å². The van der Waals surface area contributed by atoms with Gasteiger partial charge in [0.05, 0.1) is 6.61 Å². The first kappa shape index (κ1) is 25.0. The predicted molar refractivity (Wildman–Crippen MR) is 131 cm³/mol. The zero-order valence-electron chi connectivity index (χ0n) is 20.2. The lowest BCUT2D eigenvalue weighted by Crippen LogP contribution is -2.14. The molecule has 0 bridgehead atoms. The first-order valence-corrected chi connectivity index (χ1v) is 13.1. The number of hydrogen-bond acceptors (Lipinski definition) is 1. The lowest BCUT2D eigenvalue weighted by molar-refractivity contribution is 0.250. The van der Waals surface area contributed by atoms with Gasteiger partial charge in [-0.1, -0.05) is 76.5 Å². The molecule has 1 aromatic rings. The van der Waals surface area contributed by atoms with Crippen LogP contribution in [-0.4, -0.2) is 6.61 Å². The molecule has 1 aromatic carbocycles. The van der Waals surface area contributed by atoms with Crippen LogP contribution in [0.1, 0.15) is 103 Å². The molecular formula is C29H42F2O. The zero-order chi connectivity index (χ0) is 22.8. The highest BCUT2D eigenvalue weighted by atomic mass is 19.2. The van der Waals surface area contributed by atoms with Crippen LogP contribution in [0.3, 0.4) is 0 Å². The van der Waals surface area contributed by atoms with Crippen molar-refractivity contribution in [3.8, 4) is 5.75 Å². The minimum absolute atomic E-state index is 0.00375. The average molecular weight is 445 g/mol. The van der Waals surface area contributed by atoms with E-state index in [2.05, 4.69) is 25.2 Å². The molecular weight excluding hydrogens is 402 g/mol. The molecule has 32 heavy (non-hydrogen) atoms. The van der Waals surface area contributed by atoms with Crippen LogP contribution in [0.4, 0.5) is 8.78 Å². The normalized spacial score (nSPS) is 24.0. The molecule has 1 unspecified atom stereocenters. The quantitative estimate of drug-likeness (QED) is 0.244. The standard InChI is InChI=1S/C29H42F2O/c1-3-5-6-9-22-12-14-23(15-13-22)10-7-8-11-24-16-18-25(19-17-24)26-20-21-27(32-4-2)29(31)28(26)30/h8,11,18,20-24H,3-7,9-10,12-17,19H2,1-2H3/b11-8+. The highest BCUT2D eigenvalue weighted by Gasteiger charge is 2.21. The van der Waals surface area contributed by atoms with Crippen molar-refractivity contribution in [2.24, 2.45) is 17.8 Å². The summed E-state index contributed by atoms with van der Waals surface area (Å²) in [5.41, 5.74) is 1.31. The first-order valence-electron chi connectivity index (χ1n) is 13.1. The number of allylic oxidation sites excluding steroid dienone is 4. The Morgan fingerprint density at radius 3 is 2.34 bits per heavy atom. The molecule has 1 atom stereocenters. The second-order valence-corrected chi connectivity index (χ2v) is 9.82. The Bertz CT molecular complexity index is 759. The number of rotatable bonds is 11. The molecule has 0 aromatic heterocycles. The second-order valence-electron chi connectivity index (χ2n) is 9.82. The van der Waals surface area contributed by atoms with Crippen molar-refractivity contribution in [2.75, 3.05) is 6.61 Å². The Kier molecular flexibility index (Phi) is 10.3. The molecule has 0 spiro atoms. The van der Waals surface area contributed by atoms with Gasteiger partial charge in [0.15, 0.2) is 11.6 Å². The van der Waals surface area contributed by atoms with Crippen molar-refractivity contribution < 1.29 is 13.5 Å². The SMILES string of the molecule is CCCCCC1CCC(CC/C=C/C2CC=C(c3ccc(OCC)c(F)c3F)CC2)CC1. The van der Waals surface area contributed by atoms with Crippen molar-refractivity contribution in [1.29, 1.82) is 0 Å². The summed E-state index contributed by atoms with van der Waals surface area (Å²) in [7, 11) is 0. The van der Waals surface area contributed by atoms with Crippen molar-refractivity contribution in [1.82, 2.24) is 0 Å². The second kappa shape index (κ2) is 13.2. The maximum Gasteiger partial charge on any atom is 0.201 e. The maximum absolute atomic E-state index is 14.5. The fourth-order valence-electron chi connectivity index (χ4n) is 5.43. The zero-order valence-corrected chi connectivity index (χ0v) is 20.2. The van der Waals surface area contributed by atoms with E-state index in [-0.39, 0.29) is 5.75 Å². The number of hydrogen-bond donors (Lipinski definition) is 0. The third kappa shape index (κ3) is 7.18. The Morgan fingerprint density at radius 2 is 1.69 bits per heavy atom. The Labute approximate surface area is 194 Å². The van der Waals surface area contributed by atoms with E-state index < -0.39 is 11.6 Å². The van der Waals surface area contributed by atoms with Gasteiger partial charge in [0.25, 0.3) is 0 Å². The summed E-state index contributed by atoms with van der Waals surface area (Å²) in [6, 6.07) is 3.20. The Balaban J connectivity index is 1.39. The molecule has 2 aliphatic carbocycles. The van der Waals surface area contributed by atoms with E-state index in [1.54, 1.807) is 19.1 Å². The fourth-order valence-corrected chi connectivity index (χ4v) is 5.43. The van der Waals surface area contributed by atoms with Crippen molar-refractivity contribution >= 4 is 5.57 Å². The van der Waals surface area contributed by atoms with Crippen LogP contribution < -0.4 is 4.74 Å². The average Bonchev–Trinajstić information content (AvgIpc) is 2.82. The van der Waals surface area contributed by atoms with Gasteiger partial charge in [-0.25, -0.2) is 4.39 Å². The Hall–Kier alpha value is -1.64. The molecule has 0 amide bonds. The summed E-state index contributed by atoms with van der Waals surface area (Å²) in [6.45, 7) is 4.38. The summed E-state index contributed by atoms with van der Waals surface area (Å²) in [4.78, 5) is 0. The number of unbranched alkanes of at least 4 members (excludes halogenated alkanes) is 2. The third-order valence-corrected chi connectivity index (χ3v) is 7.48. The molecule has 0 N–H and O–H groups in total. The van der Waals surface area contributed by atoms with Gasteiger partial charge in [0, 0.05) is 5.56 Å². The number of halogens is 2. The van der Waals surface area contributed by atoms with Crippen molar-refractivity contribution in [2.45, 2.75) is 97.3 Å². The fraction of sp³-hybridized carbons (Fsp3) is 0.655. The summed E-state index contributed by atoms with van der Waals surface area (Å²) in [5, 5.41) is 0. The van der Waals surface area contributed by atoms with Crippen molar-refractivity contribution in [3.05, 3.63) is 47.6 Å². The lowest BCUT2D eigenvalue weighted by Gasteiger charge is -2.28. The molecule has 0 aliphatic heterocycles. The van der Waals surface area contributed by atoms with Crippen LogP contribution in [0.5, 0.6) is 5.75 Å². The molecule has 3 heteroatoms. The minimum Gasteiger partial charge on any atom is -0.491 e. The largest absolute Gasteiger partial charge is 0.491 e. The first-order chi connectivity index (χ1) is 15.6. The summed E-state index contributed by atoms with van der Waals surface area (Å²) in [6.07, 6.45) is 23.3. The van der Waals surface area contributed by atoms with Crippen molar-refractivity contribution in [3.63, 3.8) is 0 Å². The number of benzene rings is 1. The van der Waals surface area contributed by atoms with E-state index in [0.29, 0.717) is 18.1 Å². The van der Waals surface area contributed by atoms with Gasteiger partial charge < -0.3 is 4.74 Å². The molecule has 1 saturated carbocycles. The molecule has 178 valence electrons. The molecule has 2 aliphatic rings. The van der Waals surface area contributed by atoms with Gasteiger partial charge in [-0.3, -0.25) is 0 Å². The van der Waals surface area contributed by atoms with Gasteiger partial charge in [-0.05, 0) is 74.5 Å². The topological polar surface area (TPSA) is 9.23 Å². The molecule has 3 rings (SSSR count). The lowest BCUT2D eigenvalue weighted by atomic mass is 9.78. The van der Waals surface area contributed by atoms with E-state index in [1.165, 1.54) is 64.2 Å². The molecule has 0 heterocycles. The molecule has 0 radical (unpaired) electrons. The van der Waals surface area contributed by atoms with Crippen LogP contribution >= 0.6 is 0 Å². The maximum atomic E-state index is 14.5. The highest BCUT2D eigenvalue weighted by Crippen LogP contribution is 2.36. The monoisotopic (exact) mass is 444 g/mol. The van der Waals surface area contributed by atoms with Crippen LogP contribution in [0, 0.1) is 29.4 Å². The van der Waals surface area contributed by atoms with Gasteiger partial charge in [-0.2, -0.15) is 4.39 Å². The molecule has 1 nitrogen and oxygen atoms in total. The predicted octanol–water partition coefficient (Wildman–Crippen LogP) is 9.27. The Morgan fingerprint density at radius 1 is 0.938 bits per heavy atom. The van der Waals surface area contributed by atoms with E-state index in [0.717, 1.165) is 36.7 Å². The summed E-state index contributed by atoms with van der Waals surface area (Å²) in [5.74, 6) is 0.765. The van der Waals surface area contributed by atoms with E-state index in [1.807, 2.05) is 0 Å². The minimum atomic E-state index is -0.873. The van der Waals surface area contributed by atoms with E-state index in [4.69, 9.17) is 4.74 Å². The van der Waals surface area contributed by atoms with E-state index >= 15 is 0 Å². The molecule has 1 fully saturated rings. The highest BCUT2D eigenvalue weighted by molar-refractivity contribution is 5.67. The van der Waals surface area contributed by atoms with Gasteiger partial charge >= 0.3 is 0 Å². The van der Waals surface area contributed by atoms with Gasteiger partial charge in [-0.15, -0.1) is 0 Å². The van der Waals surface area contributed by atoms with Gasteiger partial charge in [0.1, 0.15) is 0 Å². The number of ether oxygens (including phenoxy) is 1. The van der Waals surface area contributed by atoms with Crippen LogP contribution in [0.15, 0.2) is 30.4 Å². The smallest absolute Gasteiger partial charge is 0.201 e. The van der Waals surface area contributed by atoms with Crippen LogP contribution in [0.2, 0.25) is 0 Å². The van der Waals surface area contributed by atoms with Crippen LogP contribution in [0.25, 0.3) is 5.57 Å².